The van der Waals surface area contributed by atoms with Crippen molar-refractivity contribution in [2.24, 2.45) is 5.73 Å². The highest BCUT2D eigenvalue weighted by Gasteiger charge is 2.39. The summed E-state index contributed by atoms with van der Waals surface area (Å²) in [5.41, 5.74) is 5.32. The van der Waals surface area contributed by atoms with E-state index in [4.69, 9.17) is 11.0 Å². The van der Waals surface area contributed by atoms with Crippen molar-refractivity contribution in [2.45, 2.75) is 18.6 Å². The van der Waals surface area contributed by atoms with Gasteiger partial charge in [0.25, 0.3) is 5.91 Å². The minimum Gasteiger partial charge on any atom is -0.365 e. The number of carbonyl (C=O) groups is 2. The average molecular weight is 305 g/mol. The van der Waals surface area contributed by atoms with E-state index in [2.05, 4.69) is 0 Å². The lowest BCUT2D eigenvalue weighted by Gasteiger charge is -2.18. The van der Waals surface area contributed by atoms with Gasteiger partial charge in [-0.25, -0.2) is 4.39 Å². The molecule has 0 aromatic heterocycles. The molecule has 0 aliphatic carbocycles. The molecule has 0 saturated carbocycles. The lowest BCUT2D eigenvalue weighted by atomic mass is 10.2. The van der Waals surface area contributed by atoms with Crippen LogP contribution in [0.15, 0.2) is 34.9 Å². The van der Waals surface area contributed by atoms with Crippen LogP contribution in [0.25, 0.3) is 0 Å². The normalized spacial score (nSPS) is 20.3. The zero-order valence-electron chi connectivity index (χ0n) is 11.2. The van der Waals surface area contributed by atoms with Gasteiger partial charge in [0.1, 0.15) is 22.5 Å². The van der Waals surface area contributed by atoms with Gasteiger partial charge >= 0.3 is 0 Å². The van der Waals surface area contributed by atoms with E-state index in [9.17, 15) is 14.0 Å². The van der Waals surface area contributed by atoms with E-state index in [-0.39, 0.29) is 16.5 Å². The molecule has 2 amide bonds. The Morgan fingerprint density at radius 1 is 1.48 bits per heavy atom. The number of benzene rings is 1. The topological polar surface area (TPSA) is 87.2 Å². The van der Waals surface area contributed by atoms with Gasteiger partial charge in [0, 0.05) is 5.69 Å². The predicted octanol–water partition coefficient (Wildman–Crippen LogP) is 1.90. The fourth-order valence-corrected chi connectivity index (χ4v) is 3.16. The highest BCUT2D eigenvalue weighted by molar-refractivity contribution is 8.05. The zero-order valence-corrected chi connectivity index (χ0v) is 12.0. The second-order valence-electron chi connectivity index (χ2n) is 4.32. The van der Waals surface area contributed by atoms with E-state index in [0.29, 0.717) is 12.1 Å². The molecule has 1 fully saturated rings. The third kappa shape index (κ3) is 2.76. The Kier molecular flexibility index (Phi) is 4.29. The molecular formula is C14H12FN3O2S. The third-order valence-corrected chi connectivity index (χ3v) is 4.41. The second-order valence-corrected chi connectivity index (χ2v) is 5.51. The van der Waals surface area contributed by atoms with E-state index in [0.717, 1.165) is 11.8 Å². The fourth-order valence-electron chi connectivity index (χ4n) is 1.95. The van der Waals surface area contributed by atoms with E-state index < -0.39 is 17.0 Å². The number of primary amides is 1. The lowest BCUT2D eigenvalue weighted by molar-refractivity contribution is -0.117. The van der Waals surface area contributed by atoms with Gasteiger partial charge in [-0.2, -0.15) is 5.26 Å². The van der Waals surface area contributed by atoms with Gasteiger partial charge in [-0.1, -0.05) is 18.7 Å². The van der Waals surface area contributed by atoms with Crippen LogP contribution in [-0.4, -0.2) is 17.1 Å². The Bertz CT molecular complexity index is 664. The summed E-state index contributed by atoms with van der Waals surface area (Å²) in [7, 11) is 0. The number of nitrogens with zero attached hydrogens (tertiary/aromatic N) is 2. The van der Waals surface area contributed by atoms with Crippen molar-refractivity contribution in [3.63, 3.8) is 0 Å². The molecule has 1 atom stereocenters. The summed E-state index contributed by atoms with van der Waals surface area (Å²) in [4.78, 5) is 25.0. The predicted molar refractivity (Wildman–Crippen MR) is 77.4 cm³/mol. The summed E-state index contributed by atoms with van der Waals surface area (Å²) < 4.78 is 13.0. The van der Waals surface area contributed by atoms with Crippen LogP contribution < -0.4 is 10.6 Å². The number of hydrogen-bond donors (Lipinski definition) is 1. The Morgan fingerprint density at radius 2 is 2.10 bits per heavy atom. The number of halogens is 1. The van der Waals surface area contributed by atoms with Crippen molar-refractivity contribution in [1.82, 2.24) is 0 Å². The van der Waals surface area contributed by atoms with E-state index in [1.54, 1.807) is 6.07 Å². The van der Waals surface area contributed by atoms with E-state index >= 15 is 0 Å². The summed E-state index contributed by atoms with van der Waals surface area (Å²) in [6, 6.07) is 6.99. The summed E-state index contributed by atoms with van der Waals surface area (Å²) >= 11 is 1.13. The highest BCUT2D eigenvalue weighted by Crippen LogP contribution is 2.41. The Hall–Kier alpha value is -2.33. The first-order valence-electron chi connectivity index (χ1n) is 6.20. The maximum atomic E-state index is 13.0. The van der Waals surface area contributed by atoms with Crippen LogP contribution in [0, 0.1) is 17.1 Å². The van der Waals surface area contributed by atoms with E-state index in [1.165, 1.54) is 29.2 Å². The molecule has 0 radical (unpaired) electrons. The third-order valence-electron chi connectivity index (χ3n) is 2.98. The quantitative estimate of drug-likeness (QED) is 0.682. The summed E-state index contributed by atoms with van der Waals surface area (Å²) in [5, 5.41) is 8.90. The number of anilines is 1. The van der Waals surface area contributed by atoms with Gasteiger partial charge in [-0.05, 0) is 30.7 Å². The number of nitrogens with two attached hydrogens (primary N) is 1. The van der Waals surface area contributed by atoms with Crippen molar-refractivity contribution in [2.75, 3.05) is 4.90 Å². The molecule has 1 aliphatic heterocycles. The first kappa shape index (κ1) is 15.1. The first-order chi connectivity index (χ1) is 9.99. The molecule has 21 heavy (non-hydrogen) atoms. The number of hydrogen-bond acceptors (Lipinski definition) is 4. The largest absolute Gasteiger partial charge is 0.365 e. The van der Waals surface area contributed by atoms with Crippen LogP contribution in [0.2, 0.25) is 0 Å². The standard InChI is InChI=1S/C14H12FN3O2S/c1-2-11-13(20)18(9-5-3-8(15)4-6-9)14(21-11)10(7-16)12(17)19/h3-6,11H,2H2,1H3,(H2,17,19)/b14-10+/t11-/m1/s1. The lowest BCUT2D eigenvalue weighted by Crippen LogP contribution is -2.29. The molecule has 1 aromatic rings. The number of amides is 2. The average Bonchev–Trinajstić information content (AvgIpc) is 2.77. The van der Waals surface area contributed by atoms with Crippen LogP contribution >= 0.6 is 11.8 Å². The van der Waals surface area contributed by atoms with Gasteiger partial charge in [-0.3, -0.25) is 14.5 Å². The van der Waals surface area contributed by atoms with E-state index in [1.807, 2.05) is 6.92 Å². The SMILES string of the molecule is CC[C@H]1S/C(=C(\C#N)C(N)=O)N(c2ccc(F)cc2)C1=O. The van der Waals surface area contributed by atoms with Crippen molar-refractivity contribution in [3.8, 4) is 6.07 Å². The van der Waals surface area contributed by atoms with Crippen molar-refractivity contribution >= 4 is 29.3 Å². The Labute approximate surface area is 125 Å². The number of carbonyl (C=O) groups excluding carboxylic acids is 2. The van der Waals surface area contributed by atoms with Gasteiger partial charge in [0.2, 0.25) is 5.91 Å². The minimum absolute atomic E-state index is 0.202. The monoisotopic (exact) mass is 305 g/mol. The Balaban J connectivity index is 2.58. The fraction of sp³-hybridized carbons (Fsp3) is 0.214. The molecule has 0 bridgehead atoms. The molecule has 1 aromatic carbocycles. The smallest absolute Gasteiger partial charge is 0.262 e. The molecule has 5 nitrogen and oxygen atoms in total. The molecule has 1 saturated heterocycles. The maximum Gasteiger partial charge on any atom is 0.262 e. The van der Waals surface area contributed by atoms with Crippen LogP contribution in [0.3, 0.4) is 0 Å². The van der Waals surface area contributed by atoms with Crippen molar-refractivity contribution in [1.29, 1.82) is 5.26 Å². The van der Waals surface area contributed by atoms with Crippen LogP contribution in [0.5, 0.6) is 0 Å². The van der Waals surface area contributed by atoms with Crippen LogP contribution in [0.1, 0.15) is 13.3 Å². The van der Waals surface area contributed by atoms with Crippen LogP contribution in [0.4, 0.5) is 10.1 Å². The van der Waals surface area contributed by atoms with Crippen molar-refractivity contribution in [3.05, 3.63) is 40.7 Å². The molecule has 1 heterocycles. The van der Waals surface area contributed by atoms with Crippen LogP contribution in [-0.2, 0) is 9.59 Å². The van der Waals surface area contributed by atoms with Gasteiger partial charge in [-0.15, -0.1) is 0 Å². The minimum atomic E-state index is -0.892. The first-order valence-corrected chi connectivity index (χ1v) is 7.08. The number of thioether (sulfide) groups is 1. The number of nitriles is 1. The van der Waals surface area contributed by atoms with Gasteiger partial charge in [0.15, 0.2) is 0 Å². The van der Waals surface area contributed by atoms with Crippen molar-refractivity contribution < 1.29 is 14.0 Å². The molecule has 7 heteroatoms. The Morgan fingerprint density at radius 3 is 2.57 bits per heavy atom. The molecule has 2 rings (SSSR count). The molecule has 2 N–H and O–H groups in total. The summed E-state index contributed by atoms with van der Waals surface area (Å²) in [5.74, 6) is -1.58. The molecule has 0 unspecified atom stereocenters. The molecular weight excluding hydrogens is 293 g/mol. The maximum absolute atomic E-state index is 13.0. The number of rotatable bonds is 3. The molecule has 1 aliphatic rings. The summed E-state index contributed by atoms with van der Waals surface area (Å²) in [6.07, 6.45) is 0.544. The summed E-state index contributed by atoms with van der Waals surface area (Å²) in [6.45, 7) is 1.83. The van der Waals surface area contributed by atoms with Gasteiger partial charge < -0.3 is 5.73 Å². The molecule has 0 spiro atoms. The van der Waals surface area contributed by atoms with Gasteiger partial charge in [0.05, 0.1) is 5.25 Å². The second kappa shape index (κ2) is 5.97. The zero-order chi connectivity index (χ0) is 15.6. The highest BCUT2D eigenvalue weighted by atomic mass is 32.2. The molecule has 108 valence electrons.